The first-order chi connectivity index (χ1) is 16.5. The molecule has 2 heterocycles. The second-order valence-corrected chi connectivity index (χ2v) is 8.69. The molecule has 0 bridgehead atoms. The van der Waals surface area contributed by atoms with Crippen LogP contribution in [0.1, 0.15) is 37.3 Å². The number of nitriles is 1. The summed E-state index contributed by atoms with van der Waals surface area (Å²) in [5.74, 6) is 2.18. The van der Waals surface area contributed by atoms with Crippen LogP contribution >= 0.6 is 0 Å². The van der Waals surface area contributed by atoms with Gasteiger partial charge in [-0.2, -0.15) is 5.26 Å². The number of Topliss-reactive ketones (excluding diaryl/α,β-unsaturated/α-hetero) is 1. The molecule has 2 aromatic rings. The molecule has 3 aliphatic rings. The molecule has 0 saturated heterocycles. The lowest BCUT2D eigenvalue weighted by atomic mass is 9.64. The number of hydrogen-bond acceptors (Lipinski definition) is 5. The molecule has 0 fully saturated rings. The van der Waals surface area contributed by atoms with E-state index in [1.807, 2.05) is 36.4 Å². The highest BCUT2D eigenvalue weighted by Gasteiger charge is 2.62. The van der Waals surface area contributed by atoms with Crippen LogP contribution in [-0.4, -0.2) is 18.2 Å². The standard InChI is InChI=1S/C28H24N4O2/c1-3-16-31-22-9-6-5-8-20(22)28(27(31)34)21(17-29)26(30)32(19-14-12-18(4-2)13-15-19)23-10-7-11-24(33)25(23)28/h1,5-6,8-9,12-15H,4,7,10-11,16,30H2,2H3. The van der Waals surface area contributed by atoms with E-state index >= 15 is 0 Å². The van der Waals surface area contributed by atoms with E-state index in [0.717, 1.165) is 12.1 Å². The quantitative estimate of drug-likeness (QED) is 0.724. The normalized spacial score (nSPS) is 21.5. The largest absolute Gasteiger partial charge is 0.384 e. The third-order valence-electron chi connectivity index (χ3n) is 7.03. The molecule has 6 nitrogen and oxygen atoms in total. The molecule has 6 heteroatoms. The molecule has 1 spiro atoms. The highest BCUT2D eigenvalue weighted by atomic mass is 16.2. The van der Waals surface area contributed by atoms with E-state index in [1.54, 1.807) is 17.0 Å². The minimum absolute atomic E-state index is 0.0369. The van der Waals surface area contributed by atoms with Gasteiger partial charge in [-0.25, -0.2) is 0 Å². The second-order valence-electron chi connectivity index (χ2n) is 8.69. The van der Waals surface area contributed by atoms with Crippen molar-refractivity contribution in [1.82, 2.24) is 0 Å². The first kappa shape index (κ1) is 21.6. The predicted octanol–water partition coefficient (Wildman–Crippen LogP) is 3.69. The highest BCUT2D eigenvalue weighted by molar-refractivity contribution is 6.20. The van der Waals surface area contributed by atoms with Crippen molar-refractivity contribution in [2.75, 3.05) is 16.3 Å². The number of rotatable bonds is 3. The first-order valence-corrected chi connectivity index (χ1v) is 11.4. The number of aryl methyl sites for hydroxylation is 1. The fraction of sp³-hybridized carbons (Fsp3) is 0.250. The number of benzene rings is 2. The number of terminal acetylenes is 1. The summed E-state index contributed by atoms with van der Waals surface area (Å²) in [5, 5.41) is 10.4. The molecule has 1 amide bonds. The monoisotopic (exact) mass is 448 g/mol. The lowest BCUT2D eigenvalue weighted by Crippen LogP contribution is -2.52. The SMILES string of the molecule is C#CCN1C(=O)C2(C(C#N)=C(N)N(c3ccc(CC)cc3)C3=C2C(=O)CCC3)c2ccccc21. The highest BCUT2D eigenvalue weighted by Crippen LogP contribution is 2.56. The van der Waals surface area contributed by atoms with Gasteiger partial charge in [-0.1, -0.05) is 43.2 Å². The number of allylic oxidation sites excluding steroid dienone is 1. The van der Waals surface area contributed by atoms with Gasteiger partial charge in [0.1, 0.15) is 17.3 Å². The summed E-state index contributed by atoms with van der Waals surface area (Å²) in [6.45, 7) is 2.11. The summed E-state index contributed by atoms with van der Waals surface area (Å²) >= 11 is 0. The molecule has 0 radical (unpaired) electrons. The number of fused-ring (bicyclic) bond motifs is 3. The minimum atomic E-state index is -1.58. The van der Waals surface area contributed by atoms with Gasteiger partial charge in [0.15, 0.2) is 5.78 Å². The molecule has 1 aliphatic carbocycles. The molecular formula is C28H24N4O2. The Bertz CT molecular complexity index is 1370. The average Bonchev–Trinajstić information content (AvgIpc) is 3.09. The zero-order valence-corrected chi connectivity index (χ0v) is 19.0. The first-order valence-electron chi connectivity index (χ1n) is 11.4. The number of nitrogens with two attached hydrogens (primary N) is 1. The van der Waals surface area contributed by atoms with Crippen LogP contribution in [0.3, 0.4) is 0 Å². The van der Waals surface area contributed by atoms with Gasteiger partial charge < -0.3 is 5.73 Å². The van der Waals surface area contributed by atoms with Crippen LogP contribution in [0.2, 0.25) is 0 Å². The number of hydrogen-bond donors (Lipinski definition) is 1. The van der Waals surface area contributed by atoms with E-state index in [1.165, 1.54) is 10.5 Å². The Morgan fingerprint density at radius 2 is 1.85 bits per heavy atom. The third kappa shape index (κ3) is 2.69. The maximum atomic E-state index is 14.2. The van der Waals surface area contributed by atoms with Crippen LogP contribution in [0.5, 0.6) is 0 Å². The molecule has 2 aromatic carbocycles. The van der Waals surface area contributed by atoms with Gasteiger partial charge in [0.2, 0.25) is 5.91 Å². The lowest BCUT2D eigenvalue weighted by molar-refractivity contribution is -0.124. The van der Waals surface area contributed by atoms with Gasteiger partial charge in [0.25, 0.3) is 0 Å². The average molecular weight is 449 g/mol. The Morgan fingerprint density at radius 1 is 1.12 bits per heavy atom. The number of amides is 1. The van der Waals surface area contributed by atoms with Crippen molar-refractivity contribution >= 4 is 23.1 Å². The van der Waals surface area contributed by atoms with Gasteiger partial charge in [0, 0.05) is 34.6 Å². The van der Waals surface area contributed by atoms with Gasteiger partial charge in [-0.3, -0.25) is 19.4 Å². The van der Waals surface area contributed by atoms with E-state index in [4.69, 9.17) is 12.2 Å². The van der Waals surface area contributed by atoms with Crippen LogP contribution in [-0.2, 0) is 21.4 Å². The second kappa shape index (κ2) is 7.93. The van der Waals surface area contributed by atoms with Crippen molar-refractivity contribution in [3.8, 4) is 18.4 Å². The predicted molar refractivity (Wildman–Crippen MR) is 130 cm³/mol. The Balaban J connectivity index is 1.85. The molecule has 5 rings (SSSR count). The van der Waals surface area contributed by atoms with E-state index in [2.05, 4.69) is 18.9 Å². The summed E-state index contributed by atoms with van der Waals surface area (Å²) in [6.07, 6.45) is 8.01. The minimum Gasteiger partial charge on any atom is -0.384 e. The van der Waals surface area contributed by atoms with Crippen molar-refractivity contribution in [3.05, 3.63) is 82.3 Å². The van der Waals surface area contributed by atoms with Crippen molar-refractivity contribution < 1.29 is 9.59 Å². The lowest BCUT2D eigenvalue weighted by Gasteiger charge is -2.43. The number of nitrogens with zero attached hydrogens (tertiary/aromatic N) is 3. The topological polar surface area (TPSA) is 90.4 Å². The van der Waals surface area contributed by atoms with Crippen LogP contribution in [0.4, 0.5) is 11.4 Å². The van der Waals surface area contributed by atoms with E-state index in [9.17, 15) is 14.9 Å². The summed E-state index contributed by atoms with van der Waals surface area (Å²) < 4.78 is 0. The number of para-hydroxylation sites is 1. The number of carbonyl (C=O) groups excluding carboxylic acids is 2. The van der Waals surface area contributed by atoms with Crippen molar-refractivity contribution in [2.45, 2.75) is 38.0 Å². The Morgan fingerprint density at radius 3 is 2.53 bits per heavy atom. The summed E-state index contributed by atoms with van der Waals surface area (Å²) in [4.78, 5) is 31.0. The molecule has 34 heavy (non-hydrogen) atoms. The molecular weight excluding hydrogens is 424 g/mol. The fourth-order valence-electron chi connectivity index (χ4n) is 5.55. The third-order valence-corrected chi connectivity index (χ3v) is 7.03. The van der Waals surface area contributed by atoms with E-state index < -0.39 is 11.3 Å². The maximum Gasteiger partial charge on any atom is 0.248 e. The summed E-state index contributed by atoms with van der Waals surface area (Å²) in [6, 6.07) is 17.3. The summed E-state index contributed by atoms with van der Waals surface area (Å²) in [5.41, 5.74) is 9.34. The van der Waals surface area contributed by atoms with E-state index in [0.29, 0.717) is 41.8 Å². The van der Waals surface area contributed by atoms with E-state index in [-0.39, 0.29) is 23.7 Å². The van der Waals surface area contributed by atoms with Crippen LogP contribution in [0.15, 0.2) is 71.2 Å². The van der Waals surface area contributed by atoms with Crippen molar-refractivity contribution in [3.63, 3.8) is 0 Å². The molecule has 0 saturated carbocycles. The molecule has 1 atom stereocenters. The number of carbonyl (C=O) groups is 2. The summed E-state index contributed by atoms with van der Waals surface area (Å²) in [7, 11) is 0. The van der Waals surface area contributed by atoms with Crippen LogP contribution < -0.4 is 15.5 Å². The van der Waals surface area contributed by atoms with Gasteiger partial charge in [-0.15, -0.1) is 6.42 Å². The van der Waals surface area contributed by atoms with Gasteiger partial charge in [0.05, 0.1) is 12.1 Å². The van der Waals surface area contributed by atoms with Gasteiger partial charge >= 0.3 is 0 Å². The number of anilines is 2. The molecule has 2 aliphatic heterocycles. The Hall–Kier alpha value is -4.29. The maximum absolute atomic E-state index is 14.2. The smallest absolute Gasteiger partial charge is 0.248 e. The van der Waals surface area contributed by atoms with Crippen LogP contribution in [0.25, 0.3) is 0 Å². The zero-order chi connectivity index (χ0) is 24.0. The molecule has 168 valence electrons. The Labute approximate surface area is 199 Å². The van der Waals surface area contributed by atoms with Crippen molar-refractivity contribution in [2.24, 2.45) is 5.73 Å². The molecule has 0 aromatic heterocycles. The van der Waals surface area contributed by atoms with Crippen molar-refractivity contribution in [1.29, 1.82) is 5.26 Å². The van der Waals surface area contributed by atoms with Gasteiger partial charge in [-0.05, 0) is 43.0 Å². The zero-order valence-electron chi connectivity index (χ0n) is 19.0. The Kier molecular flexibility index (Phi) is 5.03. The van der Waals surface area contributed by atoms with Crippen LogP contribution in [0, 0.1) is 23.7 Å². The fourth-order valence-corrected chi connectivity index (χ4v) is 5.55. The molecule has 2 N–H and O–H groups in total. The number of ketones is 1. The molecule has 1 unspecified atom stereocenters.